The molecule has 0 aliphatic heterocycles. The van der Waals surface area contributed by atoms with Gasteiger partial charge in [0, 0.05) is 6.54 Å². The first-order valence-electron chi connectivity index (χ1n) is 8.91. The van der Waals surface area contributed by atoms with E-state index in [9.17, 15) is 24.3 Å². The van der Waals surface area contributed by atoms with Crippen LogP contribution in [-0.2, 0) is 19.1 Å². The van der Waals surface area contributed by atoms with Crippen molar-refractivity contribution in [3.8, 4) is 0 Å². The van der Waals surface area contributed by atoms with Gasteiger partial charge in [0.1, 0.15) is 12.1 Å². The number of carbonyl (C=O) groups is 4. The van der Waals surface area contributed by atoms with Gasteiger partial charge in [0.05, 0.1) is 13.7 Å². The quantitative estimate of drug-likeness (QED) is 0.123. The van der Waals surface area contributed by atoms with Crippen molar-refractivity contribution in [1.29, 1.82) is 0 Å². The van der Waals surface area contributed by atoms with Gasteiger partial charge in [-0.05, 0) is 19.3 Å². The molecular weight excluding hydrogens is 372 g/mol. The molecule has 160 valence electrons. The van der Waals surface area contributed by atoms with Gasteiger partial charge >= 0.3 is 12.1 Å². The van der Waals surface area contributed by atoms with E-state index >= 15 is 0 Å². The van der Waals surface area contributed by atoms with E-state index in [4.69, 9.17) is 11.5 Å². The van der Waals surface area contributed by atoms with Crippen molar-refractivity contribution < 1.29 is 29.0 Å². The third-order valence-corrected chi connectivity index (χ3v) is 3.64. The Kier molecular flexibility index (Phi) is 12.5. The predicted octanol–water partition coefficient (Wildman–Crippen LogP) is -1.36. The van der Waals surface area contributed by atoms with Crippen molar-refractivity contribution in [3.63, 3.8) is 0 Å². The van der Waals surface area contributed by atoms with Crippen LogP contribution >= 0.6 is 0 Å². The summed E-state index contributed by atoms with van der Waals surface area (Å²) in [5.41, 5.74) is 10.4. The Balaban J connectivity index is 4.55. The average Bonchev–Trinajstić information content (AvgIpc) is 2.64. The first-order chi connectivity index (χ1) is 13.2. The van der Waals surface area contributed by atoms with Crippen LogP contribution in [0.2, 0.25) is 0 Å². The number of aliphatic carboxylic acids is 1. The van der Waals surface area contributed by atoms with Crippen molar-refractivity contribution in [2.45, 2.75) is 51.1 Å². The van der Waals surface area contributed by atoms with E-state index in [1.54, 1.807) is 0 Å². The summed E-state index contributed by atoms with van der Waals surface area (Å²) in [5, 5.41) is 16.3. The topological polar surface area (TPSA) is 198 Å². The van der Waals surface area contributed by atoms with Gasteiger partial charge < -0.3 is 37.3 Å². The Morgan fingerprint density at radius 1 is 1.07 bits per heavy atom. The second kappa shape index (κ2) is 14.1. The van der Waals surface area contributed by atoms with Gasteiger partial charge in [0.25, 0.3) is 0 Å². The number of nitrogens with two attached hydrogens (primary N) is 2. The lowest BCUT2D eigenvalue weighted by Gasteiger charge is -2.18. The lowest BCUT2D eigenvalue weighted by Crippen LogP contribution is -2.50. The molecule has 12 heteroatoms. The SMILES string of the molecule is CCCC[C@@H](NC(=O)OC)C(=O)NCC(=O)N[C@@H](CCCN=C(N)N)C(=O)O. The Labute approximate surface area is 163 Å². The molecule has 0 aliphatic carbocycles. The number of amides is 3. The minimum atomic E-state index is -1.21. The van der Waals surface area contributed by atoms with Gasteiger partial charge in [0.2, 0.25) is 11.8 Å². The molecule has 0 unspecified atom stereocenters. The third-order valence-electron chi connectivity index (χ3n) is 3.64. The number of guanidine groups is 1. The van der Waals surface area contributed by atoms with Crippen molar-refractivity contribution in [1.82, 2.24) is 16.0 Å². The number of hydrogen-bond acceptors (Lipinski definition) is 6. The molecule has 0 aromatic heterocycles. The van der Waals surface area contributed by atoms with Crippen LogP contribution in [0.25, 0.3) is 0 Å². The molecule has 0 radical (unpaired) electrons. The van der Waals surface area contributed by atoms with Crippen LogP contribution in [0, 0.1) is 0 Å². The maximum Gasteiger partial charge on any atom is 0.407 e. The summed E-state index contributed by atoms with van der Waals surface area (Å²) in [6.07, 6.45) is 1.59. The van der Waals surface area contributed by atoms with Crippen LogP contribution in [0.5, 0.6) is 0 Å². The number of ether oxygens (including phenoxy) is 1. The summed E-state index contributed by atoms with van der Waals surface area (Å²) >= 11 is 0. The number of carboxylic acids is 1. The molecule has 0 aromatic rings. The fourth-order valence-electron chi connectivity index (χ4n) is 2.18. The fraction of sp³-hybridized carbons (Fsp3) is 0.688. The lowest BCUT2D eigenvalue weighted by molar-refractivity contribution is -0.142. The van der Waals surface area contributed by atoms with Gasteiger partial charge in [-0.15, -0.1) is 0 Å². The second-order valence-electron chi connectivity index (χ2n) is 5.96. The number of methoxy groups -OCH3 is 1. The summed E-state index contributed by atoms with van der Waals surface area (Å²) in [6, 6.07) is -1.99. The Hall–Kier alpha value is -3.05. The Bertz CT molecular complexity index is 564. The monoisotopic (exact) mass is 402 g/mol. The fourth-order valence-corrected chi connectivity index (χ4v) is 2.18. The van der Waals surface area contributed by atoms with Crippen molar-refractivity contribution >= 4 is 29.8 Å². The standard InChI is InChI=1S/C16H30N6O6/c1-3-4-6-10(22-16(27)28-2)13(24)20-9-12(23)21-11(14(25)26)7-5-8-19-15(17)18/h10-11H,3-9H2,1-2H3,(H,20,24)(H,21,23)(H,22,27)(H,25,26)(H4,17,18,19)/t10-,11+/m1/s1. The molecule has 0 saturated carbocycles. The minimum Gasteiger partial charge on any atom is -0.480 e. The van der Waals surface area contributed by atoms with Crippen LogP contribution in [0.15, 0.2) is 4.99 Å². The molecule has 0 aromatic carbocycles. The number of carbonyl (C=O) groups excluding carboxylic acids is 3. The molecule has 0 bridgehead atoms. The van der Waals surface area contributed by atoms with E-state index in [2.05, 4.69) is 25.7 Å². The zero-order valence-corrected chi connectivity index (χ0v) is 16.2. The number of nitrogens with zero attached hydrogens (tertiary/aromatic N) is 1. The van der Waals surface area contributed by atoms with Crippen molar-refractivity contribution in [3.05, 3.63) is 0 Å². The average molecular weight is 402 g/mol. The van der Waals surface area contributed by atoms with E-state index in [0.717, 1.165) is 6.42 Å². The highest BCUT2D eigenvalue weighted by atomic mass is 16.5. The smallest absolute Gasteiger partial charge is 0.407 e. The van der Waals surface area contributed by atoms with Gasteiger partial charge in [-0.1, -0.05) is 19.8 Å². The predicted molar refractivity (Wildman–Crippen MR) is 101 cm³/mol. The summed E-state index contributed by atoms with van der Waals surface area (Å²) in [4.78, 5) is 50.4. The minimum absolute atomic E-state index is 0.100. The molecule has 0 rings (SSSR count). The van der Waals surface area contributed by atoms with E-state index < -0.39 is 42.5 Å². The number of carboxylic acid groups (broad SMARTS) is 1. The second-order valence-corrected chi connectivity index (χ2v) is 5.96. The number of alkyl carbamates (subject to hydrolysis) is 1. The maximum absolute atomic E-state index is 12.2. The Morgan fingerprint density at radius 2 is 1.71 bits per heavy atom. The highest BCUT2D eigenvalue weighted by Crippen LogP contribution is 2.02. The van der Waals surface area contributed by atoms with E-state index in [1.807, 2.05) is 6.92 Å². The summed E-state index contributed by atoms with van der Waals surface area (Å²) in [6.45, 7) is 1.73. The first-order valence-corrected chi connectivity index (χ1v) is 8.91. The zero-order valence-electron chi connectivity index (χ0n) is 16.2. The summed E-state index contributed by atoms with van der Waals surface area (Å²) < 4.78 is 4.48. The van der Waals surface area contributed by atoms with Crippen LogP contribution in [0.4, 0.5) is 4.79 Å². The van der Waals surface area contributed by atoms with Gasteiger partial charge in [-0.2, -0.15) is 0 Å². The third kappa shape index (κ3) is 11.5. The van der Waals surface area contributed by atoms with E-state index in [0.29, 0.717) is 19.3 Å². The van der Waals surface area contributed by atoms with Crippen LogP contribution in [0.1, 0.15) is 39.0 Å². The molecule has 0 spiro atoms. The lowest BCUT2D eigenvalue weighted by atomic mass is 10.1. The molecule has 0 aliphatic rings. The molecule has 3 amide bonds. The Morgan fingerprint density at radius 3 is 2.25 bits per heavy atom. The van der Waals surface area contributed by atoms with Crippen molar-refractivity contribution in [2.24, 2.45) is 16.5 Å². The van der Waals surface area contributed by atoms with Crippen LogP contribution < -0.4 is 27.4 Å². The summed E-state index contributed by atoms with van der Waals surface area (Å²) in [5.74, 6) is -2.54. The van der Waals surface area contributed by atoms with Crippen molar-refractivity contribution in [2.75, 3.05) is 20.2 Å². The molecule has 2 atom stereocenters. The number of rotatable bonds is 13. The molecular formula is C16H30N6O6. The van der Waals surface area contributed by atoms with Crippen LogP contribution in [0.3, 0.4) is 0 Å². The highest BCUT2D eigenvalue weighted by molar-refractivity contribution is 5.90. The maximum atomic E-state index is 12.2. The highest BCUT2D eigenvalue weighted by Gasteiger charge is 2.23. The first kappa shape index (κ1) is 24.9. The van der Waals surface area contributed by atoms with Gasteiger partial charge in [-0.3, -0.25) is 14.6 Å². The van der Waals surface area contributed by atoms with E-state index in [-0.39, 0.29) is 18.9 Å². The molecule has 0 saturated heterocycles. The molecule has 8 N–H and O–H groups in total. The van der Waals surface area contributed by atoms with Gasteiger partial charge in [-0.25, -0.2) is 9.59 Å². The molecule has 0 heterocycles. The van der Waals surface area contributed by atoms with Crippen LogP contribution in [-0.4, -0.2) is 67.2 Å². The number of aliphatic imine (C=N–C) groups is 1. The zero-order chi connectivity index (χ0) is 21.5. The van der Waals surface area contributed by atoms with E-state index in [1.165, 1.54) is 7.11 Å². The molecule has 0 fully saturated rings. The summed E-state index contributed by atoms with van der Waals surface area (Å²) in [7, 11) is 1.18. The number of unbranched alkanes of at least 4 members (excludes halogenated alkanes) is 1. The number of nitrogens with one attached hydrogen (secondary N) is 3. The largest absolute Gasteiger partial charge is 0.480 e. The molecule has 28 heavy (non-hydrogen) atoms. The van der Waals surface area contributed by atoms with Gasteiger partial charge in [0.15, 0.2) is 5.96 Å². The molecule has 12 nitrogen and oxygen atoms in total. The normalized spacial score (nSPS) is 12.2. The number of hydrogen-bond donors (Lipinski definition) is 6.